The van der Waals surface area contributed by atoms with Crippen molar-refractivity contribution in [3.05, 3.63) is 76.5 Å². The van der Waals surface area contributed by atoms with E-state index < -0.39 is 0 Å². The molecule has 3 aromatic rings. The Bertz CT molecular complexity index is 895. The van der Waals surface area contributed by atoms with E-state index in [9.17, 15) is 4.79 Å². The maximum absolute atomic E-state index is 11.9. The number of benzene rings is 1. The van der Waals surface area contributed by atoms with Crippen LogP contribution in [0, 0.1) is 0 Å². The summed E-state index contributed by atoms with van der Waals surface area (Å²) in [6.45, 7) is 2.13. The van der Waals surface area contributed by atoms with Crippen molar-refractivity contribution in [2.24, 2.45) is 0 Å². The molecule has 1 aromatic carbocycles. The maximum Gasteiger partial charge on any atom is 0.252 e. The minimum atomic E-state index is -0.246. The molecule has 1 atom stereocenters. The van der Waals surface area contributed by atoms with Gasteiger partial charge in [0.25, 0.3) is 5.56 Å². The number of rotatable bonds is 7. The highest BCUT2D eigenvalue weighted by molar-refractivity contribution is 5.32. The zero-order valence-corrected chi connectivity index (χ0v) is 14.6. The quantitative estimate of drug-likeness (QED) is 0.680. The summed E-state index contributed by atoms with van der Waals surface area (Å²) in [5.41, 5.74) is 1.14. The first-order chi connectivity index (χ1) is 12.6. The number of methoxy groups -OCH3 is 1. The Kier molecular flexibility index (Phi) is 5.48. The van der Waals surface area contributed by atoms with E-state index in [2.05, 4.69) is 20.3 Å². The minimum Gasteiger partial charge on any atom is -0.497 e. The van der Waals surface area contributed by atoms with Crippen molar-refractivity contribution in [3.8, 4) is 11.5 Å². The smallest absolute Gasteiger partial charge is 0.252 e. The Balaban J connectivity index is 1.68. The molecule has 2 heterocycles. The monoisotopic (exact) mass is 352 g/mol. The number of aromatic amines is 1. The lowest BCUT2D eigenvalue weighted by Crippen LogP contribution is -2.17. The highest BCUT2D eigenvalue weighted by Crippen LogP contribution is 2.18. The van der Waals surface area contributed by atoms with Crippen LogP contribution in [0.1, 0.15) is 24.4 Å². The van der Waals surface area contributed by atoms with E-state index in [0.29, 0.717) is 17.4 Å². The molecule has 7 heteroatoms. The molecule has 0 amide bonds. The highest BCUT2D eigenvalue weighted by Gasteiger charge is 2.09. The SMILES string of the molecule is COc1ccc(OCc2cc(=O)[nH]c(NC(C)c3ccccn3)n2)cc1. The van der Waals surface area contributed by atoms with Crippen LogP contribution in [0.4, 0.5) is 5.95 Å². The summed E-state index contributed by atoms with van der Waals surface area (Å²) in [5.74, 6) is 1.80. The molecule has 0 saturated heterocycles. The minimum absolute atomic E-state index is 0.0999. The third kappa shape index (κ3) is 4.60. The van der Waals surface area contributed by atoms with Crippen molar-refractivity contribution in [1.29, 1.82) is 0 Å². The first-order valence-electron chi connectivity index (χ1n) is 8.18. The first-order valence-corrected chi connectivity index (χ1v) is 8.18. The third-order valence-corrected chi connectivity index (χ3v) is 3.73. The lowest BCUT2D eigenvalue weighted by Gasteiger charge is -2.14. The summed E-state index contributed by atoms with van der Waals surface area (Å²) < 4.78 is 10.8. The van der Waals surface area contributed by atoms with Crippen molar-refractivity contribution in [1.82, 2.24) is 15.0 Å². The van der Waals surface area contributed by atoms with Crippen LogP contribution in [0.3, 0.4) is 0 Å². The zero-order valence-electron chi connectivity index (χ0n) is 14.6. The Hall–Kier alpha value is -3.35. The van der Waals surface area contributed by atoms with Gasteiger partial charge in [-0.15, -0.1) is 0 Å². The fourth-order valence-electron chi connectivity index (χ4n) is 2.39. The van der Waals surface area contributed by atoms with E-state index in [4.69, 9.17) is 9.47 Å². The second-order valence-electron chi connectivity index (χ2n) is 5.67. The van der Waals surface area contributed by atoms with Gasteiger partial charge in [-0.05, 0) is 43.3 Å². The summed E-state index contributed by atoms with van der Waals surface area (Å²) in [7, 11) is 1.61. The van der Waals surface area contributed by atoms with Crippen molar-refractivity contribution >= 4 is 5.95 Å². The summed E-state index contributed by atoms with van der Waals surface area (Å²) in [6.07, 6.45) is 1.73. The van der Waals surface area contributed by atoms with Crippen LogP contribution in [0.2, 0.25) is 0 Å². The molecule has 134 valence electrons. The van der Waals surface area contributed by atoms with Gasteiger partial charge >= 0.3 is 0 Å². The van der Waals surface area contributed by atoms with Gasteiger partial charge in [-0.25, -0.2) is 4.98 Å². The van der Waals surface area contributed by atoms with Crippen LogP contribution in [-0.4, -0.2) is 22.1 Å². The fraction of sp³-hybridized carbons (Fsp3) is 0.211. The number of nitrogens with zero attached hydrogens (tertiary/aromatic N) is 2. The molecule has 1 unspecified atom stereocenters. The molecule has 0 aliphatic carbocycles. The summed E-state index contributed by atoms with van der Waals surface area (Å²) in [6, 6.07) is 14.2. The van der Waals surface area contributed by atoms with E-state index in [1.165, 1.54) is 6.07 Å². The maximum atomic E-state index is 11.9. The average Bonchev–Trinajstić information content (AvgIpc) is 2.67. The molecular weight excluding hydrogens is 332 g/mol. The van der Waals surface area contributed by atoms with Gasteiger partial charge in [0, 0.05) is 12.3 Å². The highest BCUT2D eigenvalue weighted by atomic mass is 16.5. The van der Waals surface area contributed by atoms with Gasteiger partial charge in [-0.1, -0.05) is 6.07 Å². The predicted octanol–water partition coefficient (Wildman–Crippen LogP) is 2.93. The number of nitrogens with one attached hydrogen (secondary N) is 2. The number of pyridine rings is 1. The van der Waals surface area contributed by atoms with E-state index in [1.54, 1.807) is 25.4 Å². The Labute approximate surface area is 151 Å². The van der Waals surface area contributed by atoms with E-state index in [0.717, 1.165) is 11.4 Å². The molecule has 26 heavy (non-hydrogen) atoms. The van der Waals surface area contributed by atoms with Gasteiger partial charge in [-0.3, -0.25) is 14.8 Å². The summed E-state index contributed by atoms with van der Waals surface area (Å²) >= 11 is 0. The number of hydrogen-bond acceptors (Lipinski definition) is 6. The topological polar surface area (TPSA) is 89.1 Å². The number of H-pyrrole nitrogens is 1. The molecule has 0 fully saturated rings. The Morgan fingerprint density at radius 3 is 2.62 bits per heavy atom. The molecule has 3 rings (SSSR count). The summed E-state index contributed by atoms with van der Waals surface area (Å²) in [5, 5.41) is 3.15. The van der Waals surface area contributed by atoms with Gasteiger partial charge in [0.1, 0.15) is 18.1 Å². The lowest BCUT2D eigenvalue weighted by molar-refractivity contribution is 0.300. The van der Waals surface area contributed by atoms with E-state index in [1.807, 2.05) is 37.3 Å². The van der Waals surface area contributed by atoms with Crippen LogP contribution in [0.15, 0.2) is 59.5 Å². The molecule has 0 spiro atoms. The van der Waals surface area contributed by atoms with Crippen LogP contribution >= 0.6 is 0 Å². The van der Waals surface area contributed by atoms with Gasteiger partial charge in [-0.2, -0.15) is 0 Å². The second-order valence-corrected chi connectivity index (χ2v) is 5.67. The van der Waals surface area contributed by atoms with Crippen LogP contribution in [0.5, 0.6) is 11.5 Å². The van der Waals surface area contributed by atoms with Crippen LogP contribution in [0.25, 0.3) is 0 Å². The number of ether oxygens (including phenoxy) is 2. The van der Waals surface area contributed by atoms with Crippen molar-refractivity contribution < 1.29 is 9.47 Å². The van der Waals surface area contributed by atoms with Crippen LogP contribution in [-0.2, 0) is 6.61 Å². The fourth-order valence-corrected chi connectivity index (χ4v) is 2.39. The molecule has 0 radical (unpaired) electrons. The molecule has 2 N–H and O–H groups in total. The number of hydrogen-bond donors (Lipinski definition) is 2. The number of aromatic nitrogens is 3. The van der Waals surface area contributed by atoms with Gasteiger partial charge < -0.3 is 14.8 Å². The third-order valence-electron chi connectivity index (χ3n) is 3.73. The number of anilines is 1. The molecule has 0 aliphatic heterocycles. The molecule has 0 bridgehead atoms. The average molecular weight is 352 g/mol. The molecule has 0 saturated carbocycles. The van der Waals surface area contributed by atoms with Crippen molar-refractivity contribution in [2.75, 3.05) is 12.4 Å². The predicted molar refractivity (Wildman–Crippen MR) is 98.5 cm³/mol. The largest absolute Gasteiger partial charge is 0.497 e. The van der Waals surface area contributed by atoms with Gasteiger partial charge in [0.2, 0.25) is 5.95 Å². The van der Waals surface area contributed by atoms with E-state index >= 15 is 0 Å². The Morgan fingerprint density at radius 2 is 1.92 bits per heavy atom. The van der Waals surface area contributed by atoms with Crippen LogP contribution < -0.4 is 20.3 Å². The second kappa shape index (κ2) is 8.15. The molecular formula is C19H20N4O3. The Morgan fingerprint density at radius 1 is 1.15 bits per heavy atom. The summed E-state index contributed by atoms with van der Waals surface area (Å²) in [4.78, 5) is 23.3. The van der Waals surface area contributed by atoms with Crippen molar-refractivity contribution in [3.63, 3.8) is 0 Å². The van der Waals surface area contributed by atoms with Gasteiger partial charge in [0.05, 0.1) is 24.5 Å². The van der Waals surface area contributed by atoms with Gasteiger partial charge in [0.15, 0.2) is 0 Å². The molecule has 2 aromatic heterocycles. The molecule has 7 nitrogen and oxygen atoms in total. The van der Waals surface area contributed by atoms with E-state index in [-0.39, 0.29) is 18.2 Å². The van der Waals surface area contributed by atoms with Crippen molar-refractivity contribution in [2.45, 2.75) is 19.6 Å². The molecule has 0 aliphatic rings. The first kappa shape index (κ1) is 17.5. The zero-order chi connectivity index (χ0) is 18.4. The standard InChI is InChI=1S/C19H20N4O3/c1-13(17-5-3-4-10-20-17)21-19-22-14(11-18(24)23-19)12-26-16-8-6-15(25-2)7-9-16/h3-11,13H,12H2,1-2H3,(H2,21,22,23,24). The lowest BCUT2D eigenvalue weighted by atomic mass is 10.2. The normalized spacial score (nSPS) is 11.6.